The van der Waals surface area contributed by atoms with Crippen molar-refractivity contribution in [1.29, 1.82) is 0 Å². The predicted octanol–water partition coefficient (Wildman–Crippen LogP) is 3.85. The lowest BCUT2D eigenvalue weighted by atomic mass is 10.1. The maximum absolute atomic E-state index is 12.9. The Morgan fingerprint density at radius 1 is 1.24 bits per heavy atom. The Bertz CT molecular complexity index is 699. The highest BCUT2D eigenvalue weighted by atomic mass is 19.1. The second kappa shape index (κ2) is 8.99. The van der Waals surface area contributed by atoms with Gasteiger partial charge in [-0.2, -0.15) is 0 Å². The highest BCUT2D eigenvalue weighted by molar-refractivity contribution is 5.94. The third kappa shape index (κ3) is 5.72. The molecule has 2 aromatic carbocycles. The van der Waals surface area contributed by atoms with Crippen molar-refractivity contribution in [3.8, 4) is 5.75 Å². The molecule has 2 rings (SSSR count). The fourth-order valence-corrected chi connectivity index (χ4v) is 2.25. The number of nitrogens with one attached hydrogen (secondary N) is 1. The minimum absolute atomic E-state index is 0.139. The molecular formula is C20H23FN2O2. The number of likely N-dealkylation sites (N-methyl/N-ethyl adjacent to an activating group) is 1. The molecule has 1 N–H and O–H groups in total. The van der Waals surface area contributed by atoms with Gasteiger partial charge in [-0.3, -0.25) is 9.69 Å². The van der Waals surface area contributed by atoms with Crippen LogP contribution in [-0.4, -0.2) is 30.5 Å². The molecular weight excluding hydrogens is 319 g/mol. The molecule has 0 bridgehead atoms. The molecule has 0 unspecified atom stereocenters. The molecule has 25 heavy (non-hydrogen) atoms. The average molecular weight is 342 g/mol. The number of halogens is 1. The first kappa shape index (κ1) is 18.7. The van der Waals surface area contributed by atoms with Crippen LogP contribution in [0.1, 0.15) is 12.5 Å². The topological polar surface area (TPSA) is 41.6 Å². The highest BCUT2D eigenvalue weighted by Gasteiger charge is 2.18. The van der Waals surface area contributed by atoms with Gasteiger partial charge in [-0.1, -0.05) is 24.8 Å². The van der Waals surface area contributed by atoms with Crippen molar-refractivity contribution in [1.82, 2.24) is 4.90 Å². The number of nitrogens with zero attached hydrogens (tertiary/aromatic N) is 1. The molecule has 2 aromatic rings. The van der Waals surface area contributed by atoms with Crippen molar-refractivity contribution in [2.24, 2.45) is 0 Å². The Morgan fingerprint density at radius 3 is 2.48 bits per heavy atom. The van der Waals surface area contributed by atoms with Crippen LogP contribution in [0.15, 0.2) is 61.2 Å². The quantitative estimate of drug-likeness (QED) is 0.741. The molecule has 0 spiro atoms. The Morgan fingerprint density at radius 2 is 1.88 bits per heavy atom. The lowest BCUT2D eigenvalue weighted by Gasteiger charge is -2.24. The van der Waals surface area contributed by atoms with Gasteiger partial charge in [-0.05, 0) is 55.9 Å². The van der Waals surface area contributed by atoms with Crippen LogP contribution < -0.4 is 10.1 Å². The fraction of sp³-hybridized carbons (Fsp3) is 0.250. The monoisotopic (exact) mass is 342 g/mol. The van der Waals surface area contributed by atoms with E-state index in [0.29, 0.717) is 18.8 Å². The molecule has 1 atom stereocenters. The van der Waals surface area contributed by atoms with E-state index in [1.807, 2.05) is 43.1 Å². The first-order valence-electron chi connectivity index (χ1n) is 8.09. The van der Waals surface area contributed by atoms with E-state index in [1.165, 1.54) is 12.1 Å². The zero-order valence-corrected chi connectivity index (χ0v) is 14.5. The number of carbonyl (C=O) groups is 1. The van der Waals surface area contributed by atoms with Gasteiger partial charge in [0.25, 0.3) is 0 Å². The molecule has 0 aromatic heterocycles. The standard InChI is InChI=1S/C20H23FN2O2/c1-4-13-25-19-11-5-16(6-12-19)14-23(3)15(2)20(24)22-18-9-7-17(21)8-10-18/h4-12,15H,1,13-14H2,2-3H3,(H,22,24)/t15-/m1/s1. The van der Waals surface area contributed by atoms with Gasteiger partial charge < -0.3 is 10.1 Å². The van der Waals surface area contributed by atoms with Crippen molar-refractivity contribution in [3.05, 3.63) is 72.6 Å². The maximum Gasteiger partial charge on any atom is 0.241 e. The van der Waals surface area contributed by atoms with E-state index in [1.54, 1.807) is 18.2 Å². The lowest BCUT2D eigenvalue weighted by Crippen LogP contribution is -2.39. The summed E-state index contributed by atoms with van der Waals surface area (Å²) in [4.78, 5) is 14.3. The molecule has 0 aliphatic heterocycles. The van der Waals surface area contributed by atoms with E-state index in [-0.39, 0.29) is 17.8 Å². The minimum Gasteiger partial charge on any atom is -0.490 e. The predicted molar refractivity (Wildman–Crippen MR) is 98.1 cm³/mol. The summed E-state index contributed by atoms with van der Waals surface area (Å²) in [5, 5.41) is 2.79. The van der Waals surface area contributed by atoms with Gasteiger partial charge in [0.1, 0.15) is 18.2 Å². The Balaban J connectivity index is 1.90. The summed E-state index contributed by atoms with van der Waals surface area (Å²) in [5.74, 6) is 0.317. The Hall–Kier alpha value is -2.66. The molecule has 0 heterocycles. The van der Waals surface area contributed by atoms with Crippen molar-refractivity contribution < 1.29 is 13.9 Å². The number of amides is 1. The first-order valence-corrected chi connectivity index (χ1v) is 8.09. The van der Waals surface area contributed by atoms with Crippen LogP contribution in [0.3, 0.4) is 0 Å². The highest BCUT2D eigenvalue weighted by Crippen LogP contribution is 2.15. The molecule has 0 fully saturated rings. The summed E-state index contributed by atoms with van der Waals surface area (Å²) >= 11 is 0. The number of hydrogen-bond acceptors (Lipinski definition) is 3. The van der Waals surface area contributed by atoms with Crippen LogP contribution in [0.5, 0.6) is 5.75 Å². The molecule has 0 aliphatic rings. The van der Waals surface area contributed by atoms with Crippen LogP contribution in [0.2, 0.25) is 0 Å². The van der Waals surface area contributed by atoms with E-state index >= 15 is 0 Å². The van der Waals surface area contributed by atoms with Gasteiger partial charge in [-0.15, -0.1) is 0 Å². The van der Waals surface area contributed by atoms with Gasteiger partial charge in [0.2, 0.25) is 5.91 Å². The van der Waals surface area contributed by atoms with Crippen LogP contribution >= 0.6 is 0 Å². The number of ether oxygens (including phenoxy) is 1. The molecule has 132 valence electrons. The summed E-state index contributed by atoms with van der Waals surface area (Å²) < 4.78 is 18.4. The Labute approximate surface area is 147 Å². The van der Waals surface area contributed by atoms with Crippen LogP contribution in [-0.2, 0) is 11.3 Å². The molecule has 0 saturated heterocycles. The van der Waals surface area contributed by atoms with E-state index < -0.39 is 0 Å². The molecule has 0 saturated carbocycles. The maximum atomic E-state index is 12.9. The number of carbonyl (C=O) groups excluding carboxylic acids is 1. The first-order chi connectivity index (χ1) is 12.0. The zero-order chi connectivity index (χ0) is 18.2. The molecule has 1 amide bonds. The molecule has 5 heteroatoms. The molecule has 0 aliphatic carbocycles. The third-order valence-corrected chi connectivity index (χ3v) is 3.88. The fourth-order valence-electron chi connectivity index (χ4n) is 2.25. The number of anilines is 1. The lowest BCUT2D eigenvalue weighted by molar-refractivity contribution is -0.120. The van der Waals surface area contributed by atoms with Gasteiger partial charge in [0, 0.05) is 12.2 Å². The number of rotatable bonds is 8. The van der Waals surface area contributed by atoms with Gasteiger partial charge in [0.05, 0.1) is 6.04 Å². The smallest absolute Gasteiger partial charge is 0.241 e. The third-order valence-electron chi connectivity index (χ3n) is 3.88. The SMILES string of the molecule is C=CCOc1ccc(CN(C)[C@H](C)C(=O)Nc2ccc(F)cc2)cc1. The van der Waals surface area contributed by atoms with E-state index in [0.717, 1.165) is 11.3 Å². The second-order valence-corrected chi connectivity index (χ2v) is 5.83. The van der Waals surface area contributed by atoms with Crippen LogP contribution in [0, 0.1) is 5.82 Å². The van der Waals surface area contributed by atoms with Crippen LogP contribution in [0.25, 0.3) is 0 Å². The van der Waals surface area contributed by atoms with Crippen LogP contribution in [0.4, 0.5) is 10.1 Å². The summed E-state index contributed by atoms with van der Waals surface area (Å²) in [6.45, 7) is 6.55. The molecule has 4 nitrogen and oxygen atoms in total. The van der Waals surface area contributed by atoms with Gasteiger partial charge in [0.15, 0.2) is 0 Å². The molecule has 0 radical (unpaired) electrons. The van der Waals surface area contributed by atoms with E-state index in [4.69, 9.17) is 4.74 Å². The summed E-state index contributed by atoms with van der Waals surface area (Å²) in [7, 11) is 1.89. The largest absolute Gasteiger partial charge is 0.490 e. The normalized spacial score (nSPS) is 11.8. The zero-order valence-electron chi connectivity index (χ0n) is 14.5. The van der Waals surface area contributed by atoms with Gasteiger partial charge >= 0.3 is 0 Å². The summed E-state index contributed by atoms with van der Waals surface area (Å²) in [6, 6.07) is 13.1. The van der Waals surface area contributed by atoms with Crippen molar-refractivity contribution in [2.75, 3.05) is 19.0 Å². The van der Waals surface area contributed by atoms with Gasteiger partial charge in [-0.25, -0.2) is 4.39 Å². The average Bonchev–Trinajstić information content (AvgIpc) is 2.62. The van der Waals surface area contributed by atoms with Crippen molar-refractivity contribution >= 4 is 11.6 Å². The number of benzene rings is 2. The summed E-state index contributed by atoms with van der Waals surface area (Å²) in [5.41, 5.74) is 1.66. The van der Waals surface area contributed by atoms with Crippen molar-refractivity contribution in [2.45, 2.75) is 19.5 Å². The summed E-state index contributed by atoms with van der Waals surface area (Å²) in [6.07, 6.45) is 1.70. The minimum atomic E-state index is -0.332. The number of hydrogen-bond donors (Lipinski definition) is 1. The van der Waals surface area contributed by atoms with E-state index in [2.05, 4.69) is 11.9 Å². The van der Waals surface area contributed by atoms with Crippen molar-refractivity contribution in [3.63, 3.8) is 0 Å². The van der Waals surface area contributed by atoms with E-state index in [9.17, 15) is 9.18 Å². The Kier molecular flexibility index (Phi) is 6.71. The second-order valence-electron chi connectivity index (χ2n) is 5.83.